The van der Waals surface area contributed by atoms with Gasteiger partial charge in [0.2, 0.25) is 0 Å². The molecule has 18 heavy (non-hydrogen) atoms. The van der Waals surface area contributed by atoms with Gasteiger partial charge in [-0.2, -0.15) is 0 Å². The Hall–Kier alpha value is -1.60. The summed E-state index contributed by atoms with van der Waals surface area (Å²) in [5.74, 6) is -0.760. The number of ether oxygens (including phenoxy) is 2. The van der Waals surface area contributed by atoms with Crippen LogP contribution in [0.3, 0.4) is 0 Å². The van der Waals surface area contributed by atoms with Crippen LogP contribution in [-0.2, 0) is 9.53 Å². The Morgan fingerprint density at radius 1 is 1.50 bits per heavy atom. The molecule has 1 atom stereocenters. The second-order valence-corrected chi connectivity index (χ2v) is 4.40. The maximum Gasteiger partial charge on any atom is 0.306 e. The molecule has 1 unspecified atom stereocenters. The standard InChI is InChI=1S/C11H15NO5S/c1-16-7(5-9(13)14)6-12-11(15)10-8(17-2)3-4-18-10/h3-4,7H,5-6H2,1-2H3,(H,12,15)(H,13,14). The molecule has 1 heterocycles. The van der Waals surface area contributed by atoms with Crippen LogP contribution in [0.1, 0.15) is 16.1 Å². The fourth-order valence-electron chi connectivity index (χ4n) is 1.34. The Labute approximate surface area is 109 Å². The summed E-state index contributed by atoms with van der Waals surface area (Å²) >= 11 is 1.26. The van der Waals surface area contributed by atoms with Gasteiger partial charge in [0.15, 0.2) is 0 Å². The third-order valence-corrected chi connectivity index (χ3v) is 3.18. The highest BCUT2D eigenvalue weighted by atomic mass is 32.1. The van der Waals surface area contributed by atoms with E-state index < -0.39 is 12.1 Å². The number of hydrogen-bond donors (Lipinski definition) is 2. The van der Waals surface area contributed by atoms with Crippen LogP contribution >= 0.6 is 11.3 Å². The molecule has 0 fully saturated rings. The van der Waals surface area contributed by atoms with Gasteiger partial charge in [0.25, 0.3) is 5.91 Å². The molecule has 0 aliphatic rings. The van der Waals surface area contributed by atoms with Crippen molar-refractivity contribution in [2.24, 2.45) is 0 Å². The molecule has 0 aliphatic heterocycles. The second-order valence-electron chi connectivity index (χ2n) is 3.48. The lowest BCUT2D eigenvalue weighted by atomic mass is 10.2. The summed E-state index contributed by atoms with van der Waals surface area (Å²) in [5.41, 5.74) is 0. The summed E-state index contributed by atoms with van der Waals surface area (Å²) in [6, 6.07) is 1.70. The molecule has 0 radical (unpaired) electrons. The van der Waals surface area contributed by atoms with E-state index in [4.69, 9.17) is 14.6 Å². The van der Waals surface area contributed by atoms with Gasteiger partial charge >= 0.3 is 5.97 Å². The minimum Gasteiger partial charge on any atom is -0.495 e. The SMILES string of the molecule is COc1ccsc1C(=O)NCC(CC(=O)O)OC. The maximum absolute atomic E-state index is 11.8. The number of carbonyl (C=O) groups excluding carboxylic acids is 1. The van der Waals surface area contributed by atoms with E-state index in [9.17, 15) is 9.59 Å². The zero-order chi connectivity index (χ0) is 13.5. The molecule has 0 saturated heterocycles. The molecule has 0 aromatic carbocycles. The minimum atomic E-state index is -0.968. The largest absolute Gasteiger partial charge is 0.495 e. The Balaban J connectivity index is 2.52. The van der Waals surface area contributed by atoms with Gasteiger partial charge in [0, 0.05) is 13.7 Å². The summed E-state index contributed by atoms with van der Waals surface area (Å²) in [4.78, 5) is 22.8. The van der Waals surface area contributed by atoms with E-state index in [1.807, 2.05) is 0 Å². The number of amides is 1. The molecule has 0 bridgehead atoms. The molecule has 0 aliphatic carbocycles. The Kier molecular flexibility index (Phi) is 5.60. The van der Waals surface area contributed by atoms with Crippen LogP contribution in [0.15, 0.2) is 11.4 Å². The van der Waals surface area contributed by atoms with Gasteiger partial charge in [-0.15, -0.1) is 11.3 Å². The lowest BCUT2D eigenvalue weighted by Gasteiger charge is -2.13. The van der Waals surface area contributed by atoms with Gasteiger partial charge in [-0.25, -0.2) is 0 Å². The lowest BCUT2D eigenvalue weighted by Crippen LogP contribution is -2.34. The van der Waals surface area contributed by atoms with E-state index in [1.54, 1.807) is 11.4 Å². The first-order valence-corrected chi connectivity index (χ1v) is 6.10. The highest BCUT2D eigenvalue weighted by Gasteiger charge is 2.17. The normalized spacial score (nSPS) is 11.9. The van der Waals surface area contributed by atoms with E-state index in [2.05, 4.69) is 5.32 Å². The molecule has 100 valence electrons. The number of carboxylic acids is 1. The molecule has 2 N–H and O–H groups in total. The van der Waals surface area contributed by atoms with Gasteiger partial charge in [0.1, 0.15) is 10.6 Å². The molecule has 1 amide bonds. The van der Waals surface area contributed by atoms with Crippen LogP contribution in [0, 0.1) is 0 Å². The highest BCUT2D eigenvalue weighted by molar-refractivity contribution is 7.12. The Bertz CT molecular complexity index is 417. The number of methoxy groups -OCH3 is 2. The number of thiophene rings is 1. The van der Waals surface area contributed by atoms with Crippen molar-refractivity contribution in [3.05, 3.63) is 16.3 Å². The van der Waals surface area contributed by atoms with Gasteiger partial charge in [0.05, 0.1) is 19.6 Å². The molecule has 1 aromatic rings. The quantitative estimate of drug-likeness (QED) is 0.773. The van der Waals surface area contributed by atoms with Crippen LogP contribution in [0.25, 0.3) is 0 Å². The zero-order valence-corrected chi connectivity index (χ0v) is 11.0. The number of hydrogen-bond acceptors (Lipinski definition) is 5. The monoisotopic (exact) mass is 273 g/mol. The van der Waals surface area contributed by atoms with Gasteiger partial charge in [-0.1, -0.05) is 0 Å². The molecule has 7 heteroatoms. The molecular weight excluding hydrogens is 258 g/mol. The first-order valence-electron chi connectivity index (χ1n) is 5.22. The van der Waals surface area contributed by atoms with Crippen molar-refractivity contribution < 1.29 is 24.2 Å². The van der Waals surface area contributed by atoms with Crippen molar-refractivity contribution in [3.8, 4) is 5.75 Å². The minimum absolute atomic E-state index is 0.142. The third kappa shape index (κ3) is 4.01. The van der Waals surface area contributed by atoms with Crippen LogP contribution in [0.5, 0.6) is 5.75 Å². The fraction of sp³-hybridized carbons (Fsp3) is 0.455. The van der Waals surface area contributed by atoms with Crippen molar-refractivity contribution in [1.29, 1.82) is 0 Å². The number of carboxylic acid groups (broad SMARTS) is 1. The summed E-state index contributed by atoms with van der Waals surface area (Å²) in [7, 11) is 2.90. The second kappa shape index (κ2) is 6.97. The molecule has 0 spiro atoms. The maximum atomic E-state index is 11.8. The topological polar surface area (TPSA) is 84.9 Å². The van der Waals surface area contributed by atoms with Crippen LogP contribution < -0.4 is 10.1 Å². The van der Waals surface area contributed by atoms with Crippen molar-refractivity contribution >= 4 is 23.2 Å². The average Bonchev–Trinajstić information content (AvgIpc) is 2.81. The predicted octanol–water partition coefficient (Wildman–Crippen LogP) is 0.976. The first-order chi connectivity index (χ1) is 8.58. The highest BCUT2D eigenvalue weighted by Crippen LogP contribution is 2.23. The zero-order valence-electron chi connectivity index (χ0n) is 10.1. The number of carbonyl (C=O) groups is 2. The van der Waals surface area contributed by atoms with Crippen LogP contribution in [0.4, 0.5) is 0 Å². The fourth-order valence-corrected chi connectivity index (χ4v) is 2.12. The average molecular weight is 273 g/mol. The third-order valence-electron chi connectivity index (χ3n) is 2.28. The van der Waals surface area contributed by atoms with E-state index in [-0.39, 0.29) is 18.9 Å². The Morgan fingerprint density at radius 3 is 2.78 bits per heavy atom. The van der Waals surface area contributed by atoms with Crippen molar-refractivity contribution in [2.45, 2.75) is 12.5 Å². The van der Waals surface area contributed by atoms with Crippen molar-refractivity contribution in [3.63, 3.8) is 0 Å². The van der Waals surface area contributed by atoms with E-state index in [0.717, 1.165) is 0 Å². The molecule has 1 rings (SSSR count). The first kappa shape index (κ1) is 14.5. The molecular formula is C11H15NO5S. The number of aliphatic carboxylic acids is 1. The molecule has 6 nitrogen and oxygen atoms in total. The molecule has 0 saturated carbocycles. The van der Waals surface area contributed by atoms with Crippen LogP contribution in [0.2, 0.25) is 0 Å². The van der Waals surface area contributed by atoms with Gasteiger partial charge in [-0.3, -0.25) is 9.59 Å². The van der Waals surface area contributed by atoms with E-state index in [0.29, 0.717) is 10.6 Å². The summed E-state index contributed by atoms with van der Waals surface area (Å²) < 4.78 is 9.99. The van der Waals surface area contributed by atoms with Crippen LogP contribution in [-0.4, -0.2) is 43.9 Å². The number of nitrogens with one attached hydrogen (secondary N) is 1. The summed E-state index contributed by atoms with van der Waals surface area (Å²) in [6.45, 7) is 0.142. The van der Waals surface area contributed by atoms with Crippen molar-refractivity contribution in [2.75, 3.05) is 20.8 Å². The van der Waals surface area contributed by atoms with E-state index in [1.165, 1.54) is 25.6 Å². The molecule has 1 aromatic heterocycles. The smallest absolute Gasteiger partial charge is 0.306 e. The van der Waals surface area contributed by atoms with E-state index >= 15 is 0 Å². The number of rotatable bonds is 7. The summed E-state index contributed by atoms with van der Waals surface area (Å²) in [6.07, 6.45) is -0.698. The summed E-state index contributed by atoms with van der Waals surface area (Å²) in [5, 5.41) is 13.0. The lowest BCUT2D eigenvalue weighted by molar-refractivity contribution is -0.139. The Morgan fingerprint density at radius 2 is 2.22 bits per heavy atom. The van der Waals surface area contributed by atoms with Gasteiger partial charge < -0.3 is 19.9 Å². The van der Waals surface area contributed by atoms with Gasteiger partial charge in [-0.05, 0) is 11.4 Å². The predicted molar refractivity (Wildman–Crippen MR) is 66.3 cm³/mol. The van der Waals surface area contributed by atoms with Crippen molar-refractivity contribution in [1.82, 2.24) is 5.32 Å².